The molecule has 7 nitrogen and oxygen atoms in total. The van der Waals surface area contributed by atoms with Crippen molar-refractivity contribution in [3.8, 4) is 0 Å². The Balaban J connectivity index is 2.24. The molecule has 1 N–H and O–H groups in total. The third-order valence-electron chi connectivity index (χ3n) is 5.55. The van der Waals surface area contributed by atoms with Crippen LogP contribution in [0.5, 0.6) is 0 Å². The Kier molecular flexibility index (Phi) is 10.9. The quantitative estimate of drug-likeness (QED) is 0.386. The molecule has 0 aliphatic rings. The Morgan fingerprint density at radius 3 is 2.19 bits per heavy atom. The van der Waals surface area contributed by atoms with E-state index in [1.807, 2.05) is 13.8 Å². The molecule has 0 aliphatic heterocycles. The van der Waals surface area contributed by atoms with Crippen molar-refractivity contribution in [2.45, 2.75) is 59.2 Å². The molecular formula is C25H32Cl3N3O4S. The second-order valence-corrected chi connectivity index (χ2v) is 12.2. The van der Waals surface area contributed by atoms with E-state index in [1.165, 1.54) is 9.21 Å². The first-order valence-electron chi connectivity index (χ1n) is 11.5. The molecule has 1 atom stereocenters. The van der Waals surface area contributed by atoms with Gasteiger partial charge in [0, 0.05) is 40.6 Å². The topological polar surface area (TPSA) is 86.8 Å². The molecule has 2 amide bonds. The van der Waals surface area contributed by atoms with Gasteiger partial charge in [0.1, 0.15) is 6.04 Å². The Hall–Kier alpha value is -2.00. The highest BCUT2D eigenvalue weighted by Gasteiger charge is 2.27. The average molecular weight is 577 g/mol. The maximum absolute atomic E-state index is 13.3. The number of carbonyl (C=O) groups excluding carboxylic acids is 2. The van der Waals surface area contributed by atoms with Gasteiger partial charge in [-0.15, -0.1) is 0 Å². The number of sulfonamides is 1. The van der Waals surface area contributed by atoms with E-state index < -0.39 is 16.1 Å². The second kappa shape index (κ2) is 13.0. The van der Waals surface area contributed by atoms with Crippen LogP contribution in [0.2, 0.25) is 15.1 Å². The van der Waals surface area contributed by atoms with Gasteiger partial charge in [-0.05, 0) is 69.5 Å². The van der Waals surface area contributed by atoms with E-state index >= 15 is 0 Å². The van der Waals surface area contributed by atoms with Crippen molar-refractivity contribution >= 4 is 62.3 Å². The molecule has 0 aliphatic carbocycles. The number of carbonyl (C=O) groups is 2. The van der Waals surface area contributed by atoms with Crippen LogP contribution in [0.15, 0.2) is 36.4 Å². The van der Waals surface area contributed by atoms with E-state index in [1.54, 1.807) is 50.2 Å². The third kappa shape index (κ3) is 8.54. The molecule has 198 valence electrons. The maximum Gasteiger partial charge on any atom is 0.242 e. The molecule has 36 heavy (non-hydrogen) atoms. The molecule has 2 aromatic rings. The van der Waals surface area contributed by atoms with Crippen LogP contribution >= 0.6 is 34.8 Å². The summed E-state index contributed by atoms with van der Waals surface area (Å²) in [7, 11) is -3.62. The van der Waals surface area contributed by atoms with Gasteiger partial charge in [0.25, 0.3) is 0 Å². The standard InChI is InChI=1S/C25H32Cl3N3O4S/c1-16(2)29-25(33)18(4)30(15-19-9-11-20(26)13-22(19)28)24(32)7-6-12-31(36(5,34)35)23-14-21(27)10-8-17(23)3/h8-11,13-14,16,18H,6-7,12,15H2,1-5H3,(H,29,33)/t18-/m1/s1. The highest BCUT2D eigenvalue weighted by atomic mass is 35.5. The van der Waals surface area contributed by atoms with Crippen molar-refractivity contribution in [2.75, 3.05) is 17.1 Å². The van der Waals surface area contributed by atoms with Crippen molar-refractivity contribution in [2.24, 2.45) is 0 Å². The van der Waals surface area contributed by atoms with Crippen LogP contribution in [0.3, 0.4) is 0 Å². The average Bonchev–Trinajstić information content (AvgIpc) is 2.76. The van der Waals surface area contributed by atoms with Gasteiger partial charge >= 0.3 is 0 Å². The predicted octanol–water partition coefficient (Wildman–Crippen LogP) is 5.44. The molecule has 0 radical (unpaired) electrons. The summed E-state index contributed by atoms with van der Waals surface area (Å²) in [6, 6.07) is 9.12. The van der Waals surface area contributed by atoms with Gasteiger partial charge in [-0.1, -0.05) is 46.9 Å². The number of nitrogens with one attached hydrogen (secondary N) is 1. The molecule has 0 saturated carbocycles. The zero-order chi connectivity index (χ0) is 27.2. The van der Waals surface area contributed by atoms with E-state index in [-0.39, 0.29) is 43.8 Å². The number of nitrogens with zero attached hydrogens (tertiary/aromatic N) is 2. The fraction of sp³-hybridized carbons (Fsp3) is 0.440. The predicted molar refractivity (Wildman–Crippen MR) is 147 cm³/mol. The van der Waals surface area contributed by atoms with Crippen molar-refractivity contribution in [3.63, 3.8) is 0 Å². The monoisotopic (exact) mass is 575 g/mol. The number of benzene rings is 2. The summed E-state index contributed by atoms with van der Waals surface area (Å²) in [5.41, 5.74) is 1.85. The molecule has 2 rings (SSSR count). The Morgan fingerprint density at radius 1 is 1.00 bits per heavy atom. The molecule has 0 aromatic heterocycles. The highest BCUT2D eigenvalue weighted by molar-refractivity contribution is 7.92. The molecule has 0 fully saturated rings. The fourth-order valence-electron chi connectivity index (χ4n) is 3.65. The number of halogens is 3. The number of anilines is 1. The van der Waals surface area contributed by atoms with Crippen LogP contribution in [0.1, 0.15) is 44.7 Å². The Bertz CT molecular complexity index is 1210. The molecule has 11 heteroatoms. The lowest BCUT2D eigenvalue weighted by atomic mass is 10.1. The fourth-order valence-corrected chi connectivity index (χ4v) is 5.30. The summed E-state index contributed by atoms with van der Waals surface area (Å²) < 4.78 is 26.3. The maximum atomic E-state index is 13.3. The second-order valence-electron chi connectivity index (χ2n) is 8.97. The van der Waals surface area contributed by atoms with Gasteiger partial charge in [-0.25, -0.2) is 8.42 Å². The molecule has 0 unspecified atom stereocenters. The summed E-state index contributed by atoms with van der Waals surface area (Å²) >= 11 is 18.4. The van der Waals surface area contributed by atoms with Crippen molar-refractivity contribution < 1.29 is 18.0 Å². The van der Waals surface area contributed by atoms with Crippen LogP contribution in [0, 0.1) is 6.92 Å². The van der Waals surface area contributed by atoms with Gasteiger partial charge < -0.3 is 10.2 Å². The summed E-state index contributed by atoms with van der Waals surface area (Å²) in [5.74, 6) is -0.598. The number of hydrogen-bond acceptors (Lipinski definition) is 4. The van der Waals surface area contributed by atoms with E-state index in [9.17, 15) is 18.0 Å². The van der Waals surface area contributed by atoms with Crippen LogP contribution in [0.25, 0.3) is 0 Å². The Morgan fingerprint density at radius 2 is 1.61 bits per heavy atom. The smallest absolute Gasteiger partial charge is 0.242 e. The first kappa shape index (κ1) is 30.2. The van der Waals surface area contributed by atoms with Crippen LogP contribution in [-0.4, -0.2) is 50.0 Å². The number of rotatable bonds is 11. The van der Waals surface area contributed by atoms with E-state index in [0.717, 1.165) is 11.8 Å². The minimum Gasteiger partial charge on any atom is -0.352 e. The zero-order valence-electron chi connectivity index (χ0n) is 21.0. The van der Waals surface area contributed by atoms with Gasteiger partial charge in [0.2, 0.25) is 21.8 Å². The van der Waals surface area contributed by atoms with Crippen LogP contribution in [-0.2, 0) is 26.2 Å². The van der Waals surface area contributed by atoms with Gasteiger partial charge in [0.15, 0.2) is 0 Å². The lowest BCUT2D eigenvalue weighted by molar-refractivity contribution is -0.140. The zero-order valence-corrected chi connectivity index (χ0v) is 24.1. The molecule has 0 bridgehead atoms. The largest absolute Gasteiger partial charge is 0.352 e. The van der Waals surface area contributed by atoms with E-state index in [0.29, 0.717) is 26.3 Å². The number of aryl methyl sites for hydroxylation is 1. The normalized spacial score (nSPS) is 12.4. The summed E-state index contributed by atoms with van der Waals surface area (Å²) in [5, 5.41) is 4.09. The van der Waals surface area contributed by atoms with Gasteiger partial charge in [-0.2, -0.15) is 0 Å². The molecule has 0 saturated heterocycles. The van der Waals surface area contributed by atoms with Crippen LogP contribution in [0.4, 0.5) is 5.69 Å². The molecular weight excluding hydrogens is 545 g/mol. The van der Waals surface area contributed by atoms with E-state index in [2.05, 4.69) is 5.32 Å². The van der Waals surface area contributed by atoms with Crippen molar-refractivity contribution in [1.29, 1.82) is 0 Å². The van der Waals surface area contributed by atoms with E-state index in [4.69, 9.17) is 34.8 Å². The first-order chi connectivity index (χ1) is 16.7. The SMILES string of the molecule is Cc1ccc(Cl)cc1N(CCCC(=O)N(Cc1ccc(Cl)cc1Cl)[C@H](C)C(=O)NC(C)C)S(C)(=O)=O. The Labute approximate surface area is 228 Å². The van der Waals surface area contributed by atoms with Gasteiger partial charge in [-0.3, -0.25) is 13.9 Å². The summed E-state index contributed by atoms with van der Waals surface area (Å²) in [6.45, 7) is 7.30. The lowest BCUT2D eigenvalue weighted by Gasteiger charge is -2.30. The number of hydrogen-bond donors (Lipinski definition) is 1. The first-order valence-corrected chi connectivity index (χ1v) is 14.5. The highest BCUT2D eigenvalue weighted by Crippen LogP contribution is 2.27. The minimum atomic E-state index is -3.62. The summed E-state index contributed by atoms with van der Waals surface area (Å²) in [4.78, 5) is 27.5. The van der Waals surface area contributed by atoms with Gasteiger partial charge in [0.05, 0.1) is 11.9 Å². The molecule has 2 aromatic carbocycles. The third-order valence-corrected chi connectivity index (χ3v) is 7.55. The van der Waals surface area contributed by atoms with Crippen LogP contribution < -0.4 is 9.62 Å². The van der Waals surface area contributed by atoms with Crippen molar-refractivity contribution in [3.05, 3.63) is 62.6 Å². The van der Waals surface area contributed by atoms with Crippen molar-refractivity contribution in [1.82, 2.24) is 10.2 Å². The summed E-state index contributed by atoms with van der Waals surface area (Å²) in [6.07, 6.45) is 1.37. The number of amides is 2. The lowest BCUT2D eigenvalue weighted by Crippen LogP contribution is -2.49. The molecule has 0 heterocycles. The minimum absolute atomic E-state index is 0.0239. The molecule has 0 spiro atoms.